The number of aryl methyl sites for hydroxylation is 1. The maximum Gasteiger partial charge on any atom is 0.188 e. The molecular weight excluding hydrogens is 297 g/mol. The molecule has 0 spiro atoms. The molecule has 1 aromatic carbocycles. The third kappa shape index (κ3) is 3.61. The molecule has 22 heavy (non-hydrogen) atoms. The van der Waals surface area contributed by atoms with Crippen LogP contribution in [0.5, 0.6) is 0 Å². The molecule has 2 nitrogen and oxygen atoms in total. The number of nitrogens with zero attached hydrogens (tertiary/aromatic N) is 1. The summed E-state index contributed by atoms with van der Waals surface area (Å²) < 4.78 is 13.4. The molecule has 0 fully saturated rings. The lowest BCUT2D eigenvalue weighted by molar-refractivity contribution is 0.104. The maximum atomic E-state index is 13.4. The molecule has 0 aromatic heterocycles. The molecule has 0 N–H and O–H groups in total. The van der Waals surface area contributed by atoms with E-state index in [1.54, 1.807) is 23.9 Å². The van der Waals surface area contributed by atoms with Gasteiger partial charge in [0.2, 0.25) is 0 Å². The molecule has 1 aliphatic heterocycles. The van der Waals surface area contributed by atoms with Crippen LogP contribution in [0.3, 0.4) is 0 Å². The smallest absolute Gasteiger partial charge is 0.188 e. The Labute approximate surface area is 136 Å². The second-order valence-corrected chi connectivity index (χ2v) is 6.79. The van der Waals surface area contributed by atoms with E-state index >= 15 is 0 Å². The van der Waals surface area contributed by atoms with Gasteiger partial charge in [0, 0.05) is 28.8 Å². The molecule has 118 valence electrons. The molecule has 1 aromatic rings. The minimum Gasteiger partial charge on any atom is -0.339 e. The Bertz CT molecular complexity index is 648. The van der Waals surface area contributed by atoms with E-state index in [0.717, 1.165) is 30.0 Å². The van der Waals surface area contributed by atoms with Gasteiger partial charge in [-0.15, -0.1) is 0 Å². The molecule has 1 heterocycles. The molecule has 0 saturated heterocycles. The normalized spacial score (nSPS) is 16.8. The number of halogens is 1. The van der Waals surface area contributed by atoms with Gasteiger partial charge in [0.1, 0.15) is 5.82 Å². The molecule has 0 atom stereocenters. The fourth-order valence-electron chi connectivity index (χ4n) is 2.39. The molecule has 0 saturated carbocycles. The van der Waals surface area contributed by atoms with Crippen molar-refractivity contribution in [1.82, 2.24) is 4.90 Å². The van der Waals surface area contributed by atoms with E-state index in [4.69, 9.17) is 0 Å². The number of allylic oxidation sites excluding steroid dienone is 3. The van der Waals surface area contributed by atoms with Crippen molar-refractivity contribution in [2.45, 2.75) is 40.5 Å². The molecule has 0 bridgehead atoms. The van der Waals surface area contributed by atoms with Crippen LogP contribution in [0, 0.1) is 12.7 Å². The average molecular weight is 319 g/mol. The average Bonchev–Trinajstić information content (AvgIpc) is 2.74. The van der Waals surface area contributed by atoms with Crippen molar-refractivity contribution in [2.75, 3.05) is 6.54 Å². The number of hydrogen-bond acceptors (Lipinski definition) is 3. The Morgan fingerprint density at radius 2 is 2.05 bits per heavy atom. The monoisotopic (exact) mass is 319 g/mol. The summed E-state index contributed by atoms with van der Waals surface area (Å²) in [6, 6.07) is 4.34. The second kappa shape index (κ2) is 7.14. The number of rotatable bonds is 5. The van der Waals surface area contributed by atoms with Crippen molar-refractivity contribution in [2.24, 2.45) is 0 Å². The summed E-state index contributed by atoms with van der Waals surface area (Å²) in [6.07, 6.45) is 3.83. The van der Waals surface area contributed by atoms with Gasteiger partial charge in [0.15, 0.2) is 5.78 Å². The first kappa shape index (κ1) is 16.8. The van der Waals surface area contributed by atoms with Gasteiger partial charge in [-0.2, -0.15) is 0 Å². The van der Waals surface area contributed by atoms with Crippen molar-refractivity contribution < 1.29 is 9.18 Å². The fourth-order valence-corrected chi connectivity index (χ4v) is 3.47. The van der Waals surface area contributed by atoms with Gasteiger partial charge in [-0.05, 0) is 44.9 Å². The summed E-state index contributed by atoms with van der Waals surface area (Å²) in [4.78, 5) is 15.9. The fraction of sp³-hybridized carbons (Fsp3) is 0.389. The van der Waals surface area contributed by atoms with E-state index in [-0.39, 0.29) is 11.6 Å². The molecule has 0 amide bonds. The lowest BCUT2D eigenvalue weighted by atomic mass is 10.0. The third-order valence-corrected chi connectivity index (χ3v) is 5.04. The first-order valence-electron chi connectivity index (χ1n) is 7.59. The molecule has 0 aliphatic carbocycles. The predicted octanol–water partition coefficient (Wildman–Crippen LogP) is 5.26. The zero-order valence-electron chi connectivity index (χ0n) is 13.6. The van der Waals surface area contributed by atoms with Gasteiger partial charge < -0.3 is 4.90 Å². The summed E-state index contributed by atoms with van der Waals surface area (Å²) in [7, 11) is 0. The first-order chi connectivity index (χ1) is 10.4. The largest absolute Gasteiger partial charge is 0.339 e. The lowest BCUT2D eigenvalue weighted by Crippen LogP contribution is -2.18. The number of unbranched alkanes of at least 4 members (excludes halogenated alkanes) is 1. The van der Waals surface area contributed by atoms with Gasteiger partial charge >= 0.3 is 0 Å². The van der Waals surface area contributed by atoms with Gasteiger partial charge in [-0.25, -0.2) is 4.39 Å². The Kier molecular flexibility index (Phi) is 5.46. The van der Waals surface area contributed by atoms with E-state index in [9.17, 15) is 9.18 Å². The zero-order valence-corrected chi connectivity index (χ0v) is 14.4. The van der Waals surface area contributed by atoms with E-state index in [1.165, 1.54) is 22.7 Å². The van der Waals surface area contributed by atoms with Crippen LogP contribution < -0.4 is 0 Å². The van der Waals surface area contributed by atoms with Crippen LogP contribution in [0.25, 0.3) is 0 Å². The third-order valence-electron chi connectivity index (χ3n) is 3.89. The molecular formula is C18H22FNOS. The number of carbonyl (C=O) groups is 1. The summed E-state index contributed by atoms with van der Waals surface area (Å²) in [6.45, 7) is 9.04. The van der Waals surface area contributed by atoms with Crippen molar-refractivity contribution in [3.8, 4) is 0 Å². The number of ketones is 1. The van der Waals surface area contributed by atoms with Crippen LogP contribution in [0.2, 0.25) is 0 Å². The number of hydrogen-bond donors (Lipinski definition) is 0. The number of benzene rings is 1. The zero-order chi connectivity index (χ0) is 16.3. The molecule has 0 unspecified atom stereocenters. The topological polar surface area (TPSA) is 20.3 Å². The van der Waals surface area contributed by atoms with Crippen molar-refractivity contribution in [3.63, 3.8) is 0 Å². The highest BCUT2D eigenvalue weighted by atomic mass is 32.2. The molecule has 0 radical (unpaired) electrons. The highest BCUT2D eigenvalue weighted by molar-refractivity contribution is 8.06. The van der Waals surface area contributed by atoms with Gasteiger partial charge in [0.05, 0.1) is 5.03 Å². The minimum atomic E-state index is -0.375. The predicted molar refractivity (Wildman–Crippen MR) is 91.1 cm³/mol. The Balaban J connectivity index is 2.27. The van der Waals surface area contributed by atoms with E-state index < -0.39 is 0 Å². The lowest BCUT2D eigenvalue weighted by Gasteiger charge is -2.21. The molecule has 1 aliphatic rings. The van der Waals surface area contributed by atoms with Gasteiger partial charge in [0.25, 0.3) is 0 Å². The first-order valence-corrected chi connectivity index (χ1v) is 8.40. The summed E-state index contributed by atoms with van der Waals surface area (Å²) >= 11 is 1.62. The SMILES string of the molecule is CCCCN1C(C)=C(C)S/C1=C\C(=O)c1cc(F)ccc1C. The van der Waals surface area contributed by atoms with Crippen LogP contribution in [0.15, 0.2) is 39.9 Å². The summed E-state index contributed by atoms with van der Waals surface area (Å²) in [5, 5.41) is 0.942. The van der Waals surface area contributed by atoms with E-state index in [2.05, 4.69) is 25.7 Å². The standard InChI is InChI=1S/C18H22FNOS/c1-5-6-9-20-13(3)14(4)22-18(20)11-17(21)16-10-15(19)8-7-12(16)2/h7-8,10-11H,5-6,9H2,1-4H3/b18-11-. The van der Waals surface area contributed by atoms with Crippen LogP contribution in [-0.4, -0.2) is 17.2 Å². The number of carbonyl (C=O) groups excluding carboxylic acids is 1. The summed E-state index contributed by atoms with van der Waals surface area (Å²) in [5.74, 6) is -0.511. The van der Waals surface area contributed by atoms with Crippen LogP contribution >= 0.6 is 11.8 Å². The van der Waals surface area contributed by atoms with Gasteiger partial charge in [-0.3, -0.25) is 4.79 Å². The van der Waals surface area contributed by atoms with Gasteiger partial charge in [-0.1, -0.05) is 31.2 Å². The highest BCUT2D eigenvalue weighted by Crippen LogP contribution is 2.40. The van der Waals surface area contributed by atoms with Crippen molar-refractivity contribution in [1.29, 1.82) is 0 Å². The number of thioether (sulfide) groups is 1. The van der Waals surface area contributed by atoms with E-state index in [0.29, 0.717) is 5.56 Å². The quantitative estimate of drug-likeness (QED) is 0.545. The van der Waals surface area contributed by atoms with E-state index in [1.807, 2.05) is 6.92 Å². The van der Waals surface area contributed by atoms with Crippen LogP contribution in [0.1, 0.15) is 49.5 Å². The Hall–Kier alpha value is -1.55. The summed E-state index contributed by atoms with van der Waals surface area (Å²) in [5.41, 5.74) is 2.44. The van der Waals surface area contributed by atoms with Crippen molar-refractivity contribution in [3.05, 3.63) is 56.9 Å². The second-order valence-electron chi connectivity index (χ2n) is 5.55. The molecule has 4 heteroatoms. The maximum absolute atomic E-state index is 13.4. The Morgan fingerprint density at radius 3 is 2.73 bits per heavy atom. The minimum absolute atomic E-state index is 0.136. The van der Waals surface area contributed by atoms with Crippen LogP contribution in [-0.2, 0) is 0 Å². The Morgan fingerprint density at radius 1 is 1.32 bits per heavy atom. The van der Waals surface area contributed by atoms with Crippen LogP contribution in [0.4, 0.5) is 4.39 Å². The van der Waals surface area contributed by atoms with Crippen molar-refractivity contribution >= 4 is 17.5 Å². The molecule has 2 rings (SSSR count). The highest BCUT2D eigenvalue weighted by Gasteiger charge is 2.23.